The Bertz CT molecular complexity index is 1150. The first-order valence-corrected chi connectivity index (χ1v) is 10.4. The summed E-state index contributed by atoms with van der Waals surface area (Å²) in [7, 11) is -3.79. The fraction of sp³-hybridized carbons (Fsp3) is 0.200. The number of aryl methyl sites for hydroxylation is 1. The van der Waals surface area contributed by atoms with Gasteiger partial charge in [0.2, 0.25) is 21.7 Å². The van der Waals surface area contributed by atoms with Crippen molar-refractivity contribution in [1.82, 2.24) is 19.8 Å². The summed E-state index contributed by atoms with van der Waals surface area (Å²) >= 11 is 0. The van der Waals surface area contributed by atoms with E-state index in [0.717, 1.165) is 5.56 Å². The maximum atomic E-state index is 12.2. The van der Waals surface area contributed by atoms with E-state index in [9.17, 15) is 13.2 Å². The Morgan fingerprint density at radius 3 is 2.90 bits per heavy atom. The molecule has 1 aromatic carbocycles. The van der Waals surface area contributed by atoms with Crippen LogP contribution in [0.5, 0.6) is 0 Å². The molecule has 0 aliphatic heterocycles. The Morgan fingerprint density at radius 2 is 2.13 bits per heavy atom. The molecule has 0 spiro atoms. The molecule has 0 aliphatic carbocycles. The van der Waals surface area contributed by atoms with Crippen LogP contribution in [0.25, 0.3) is 11.4 Å². The molecule has 2 aromatic heterocycles. The Balaban J connectivity index is 1.51. The predicted octanol–water partition coefficient (Wildman–Crippen LogP) is 1.83. The quantitative estimate of drug-likeness (QED) is 0.312. The summed E-state index contributed by atoms with van der Waals surface area (Å²) in [5.41, 5.74) is 0.862. The highest BCUT2D eigenvalue weighted by Gasteiger charge is 2.16. The highest BCUT2D eigenvalue weighted by molar-refractivity contribution is 7.89. The van der Waals surface area contributed by atoms with Crippen LogP contribution >= 0.6 is 0 Å². The summed E-state index contributed by atoms with van der Waals surface area (Å²) in [6.07, 6.45) is 9.23. The van der Waals surface area contributed by atoms with Crippen LogP contribution in [0, 0.1) is 12.3 Å². The number of terminal acetylenes is 1. The Kier molecular flexibility index (Phi) is 6.90. The van der Waals surface area contributed by atoms with E-state index in [0.29, 0.717) is 24.6 Å². The molecule has 3 rings (SSSR count). The number of nitrogens with zero attached hydrogens (tertiary/aromatic N) is 3. The average molecular weight is 426 g/mol. The molecule has 0 atom stereocenters. The SMILES string of the molecule is C#CCNS(=O)(=O)c1cccc(C(=O)OCCCc2nc(-c3cccnc3)no2)c1. The summed E-state index contributed by atoms with van der Waals surface area (Å²) in [6.45, 7) is -0.0368. The Labute approximate surface area is 173 Å². The van der Waals surface area contributed by atoms with Crippen molar-refractivity contribution >= 4 is 16.0 Å². The number of esters is 1. The van der Waals surface area contributed by atoms with Crippen LogP contribution in [0.2, 0.25) is 0 Å². The molecule has 154 valence electrons. The third-order valence-corrected chi connectivity index (χ3v) is 5.30. The first-order valence-electron chi connectivity index (χ1n) is 8.93. The van der Waals surface area contributed by atoms with Crippen LogP contribution < -0.4 is 4.72 Å². The number of carbonyl (C=O) groups excluding carboxylic acids is 1. The van der Waals surface area contributed by atoms with Gasteiger partial charge in [-0.05, 0) is 36.8 Å². The summed E-state index contributed by atoms with van der Waals surface area (Å²) in [4.78, 5) is 20.4. The summed E-state index contributed by atoms with van der Waals surface area (Å²) < 4.78 is 36.8. The predicted molar refractivity (Wildman–Crippen MR) is 107 cm³/mol. The molecule has 1 N–H and O–H groups in total. The van der Waals surface area contributed by atoms with Gasteiger partial charge in [-0.15, -0.1) is 6.42 Å². The van der Waals surface area contributed by atoms with Gasteiger partial charge in [-0.2, -0.15) is 9.71 Å². The van der Waals surface area contributed by atoms with Crippen molar-refractivity contribution < 1.29 is 22.5 Å². The standard InChI is InChI=1S/C20H18N4O5S/c1-2-10-22-30(26,27)17-8-3-6-15(13-17)20(25)28-12-5-9-18-23-19(24-29-18)16-7-4-11-21-14-16/h1,3-4,6-8,11,13-14,22H,5,9-10,12H2. The number of hydrogen-bond acceptors (Lipinski definition) is 8. The van der Waals surface area contributed by atoms with Crippen LogP contribution in [0.3, 0.4) is 0 Å². The molecule has 0 fully saturated rings. The number of carbonyl (C=O) groups is 1. The second-order valence-corrected chi connectivity index (χ2v) is 7.82. The van der Waals surface area contributed by atoms with Gasteiger partial charge in [0.25, 0.3) is 0 Å². The van der Waals surface area contributed by atoms with Gasteiger partial charge < -0.3 is 9.26 Å². The number of ether oxygens (including phenoxy) is 1. The van der Waals surface area contributed by atoms with Gasteiger partial charge in [0.15, 0.2) is 0 Å². The second-order valence-electron chi connectivity index (χ2n) is 6.05. The smallest absolute Gasteiger partial charge is 0.338 e. The van der Waals surface area contributed by atoms with Gasteiger partial charge in [-0.3, -0.25) is 4.98 Å². The zero-order valence-electron chi connectivity index (χ0n) is 15.8. The molecule has 2 heterocycles. The topological polar surface area (TPSA) is 124 Å². The van der Waals surface area contributed by atoms with Crippen LogP contribution in [-0.4, -0.2) is 42.7 Å². The maximum Gasteiger partial charge on any atom is 0.338 e. The van der Waals surface area contributed by atoms with Gasteiger partial charge in [0.05, 0.1) is 23.6 Å². The molecule has 0 radical (unpaired) electrons. The summed E-state index contributed by atoms with van der Waals surface area (Å²) in [5.74, 6) is 2.40. The number of nitrogens with one attached hydrogen (secondary N) is 1. The van der Waals surface area contributed by atoms with Crippen LogP contribution in [0.15, 0.2) is 58.2 Å². The van der Waals surface area contributed by atoms with Crippen molar-refractivity contribution in [3.63, 3.8) is 0 Å². The van der Waals surface area contributed by atoms with E-state index >= 15 is 0 Å². The van der Waals surface area contributed by atoms with Crippen molar-refractivity contribution in [1.29, 1.82) is 0 Å². The fourth-order valence-corrected chi connectivity index (χ4v) is 3.43. The minimum atomic E-state index is -3.79. The first kappa shape index (κ1) is 21.2. The van der Waals surface area contributed by atoms with E-state index in [4.69, 9.17) is 15.7 Å². The molecule has 30 heavy (non-hydrogen) atoms. The van der Waals surface area contributed by atoms with Crippen molar-refractivity contribution in [2.24, 2.45) is 0 Å². The number of sulfonamides is 1. The molecular formula is C20H18N4O5S. The average Bonchev–Trinajstić information content (AvgIpc) is 3.25. The zero-order chi connectivity index (χ0) is 21.4. The van der Waals surface area contributed by atoms with E-state index in [2.05, 4.69) is 25.8 Å². The summed E-state index contributed by atoms with van der Waals surface area (Å²) in [6, 6.07) is 9.13. The molecule has 0 saturated heterocycles. The van der Waals surface area contributed by atoms with Gasteiger partial charge in [-0.25, -0.2) is 13.2 Å². The molecule has 9 nitrogen and oxygen atoms in total. The Hall–Kier alpha value is -3.55. The van der Waals surface area contributed by atoms with E-state index < -0.39 is 16.0 Å². The van der Waals surface area contributed by atoms with Gasteiger partial charge >= 0.3 is 5.97 Å². The lowest BCUT2D eigenvalue weighted by atomic mass is 10.2. The lowest BCUT2D eigenvalue weighted by Crippen LogP contribution is -2.24. The number of rotatable bonds is 9. The molecule has 0 unspecified atom stereocenters. The van der Waals surface area contributed by atoms with E-state index in [1.165, 1.54) is 24.3 Å². The van der Waals surface area contributed by atoms with Crippen molar-refractivity contribution in [3.05, 3.63) is 60.2 Å². The Morgan fingerprint density at radius 1 is 1.27 bits per heavy atom. The van der Waals surface area contributed by atoms with E-state index in [1.54, 1.807) is 18.5 Å². The van der Waals surface area contributed by atoms with Crippen LogP contribution in [0.1, 0.15) is 22.7 Å². The summed E-state index contributed by atoms with van der Waals surface area (Å²) in [5, 5.41) is 3.89. The lowest BCUT2D eigenvalue weighted by Gasteiger charge is -2.07. The van der Waals surface area contributed by atoms with Gasteiger partial charge in [-0.1, -0.05) is 17.1 Å². The molecule has 0 bridgehead atoms. The van der Waals surface area contributed by atoms with Crippen LogP contribution in [-0.2, 0) is 21.2 Å². The monoisotopic (exact) mass is 426 g/mol. The molecule has 0 aliphatic rings. The minimum absolute atomic E-state index is 0.0685. The molecule has 3 aromatic rings. The second kappa shape index (κ2) is 9.78. The number of hydrogen-bond donors (Lipinski definition) is 1. The maximum absolute atomic E-state index is 12.2. The van der Waals surface area contributed by atoms with Crippen molar-refractivity contribution in [2.45, 2.75) is 17.7 Å². The molecule has 0 amide bonds. The van der Waals surface area contributed by atoms with Crippen molar-refractivity contribution in [3.8, 4) is 23.7 Å². The first-order chi connectivity index (χ1) is 14.5. The van der Waals surface area contributed by atoms with E-state index in [-0.39, 0.29) is 23.6 Å². The third-order valence-electron chi connectivity index (χ3n) is 3.90. The fourth-order valence-electron chi connectivity index (χ4n) is 2.45. The highest BCUT2D eigenvalue weighted by Crippen LogP contribution is 2.15. The van der Waals surface area contributed by atoms with Gasteiger partial charge in [0.1, 0.15) is 0 Å². The highest BCUT2D eigenvalue weighted by atomic mass is 32.2. The number of pyridine rings is 1. The normalized spacial score (nSPS) is 11.0. The lowest BCUT2D eigenvalue weighted by molar-refractivity contribution is 0.0498. The molecule has 10 heteroatoms. The minimum Gasteiger partial charge on any atom is -0.462 e. The zero-order valence-corrected chi connectivity index (χ0v) is 16.6. The molecular weight excluding hydrogens is 408 g/mol. The number of aromatic nitrogens is 3. The largest absolute Gasteiger partial charge is 0.462 e. The van der Waals surface area contributed by atoms with E-state index in [1.807, 2.05) is 6.07 Å². The molecule has 0 saturated carbocycles. The number of benzene rings is 1. The van der Waals surface area contributed by atoms with Crippen LogP contribution in [0.4, 0.5) is 0 Å². The van der Waals surface area contributed by atoms with Crippen molar-refractivity contribution in [2.75, 3.05) is 13.2 Å². The van der Waals surface area contributed by atoms with Gasteiger partial charge in [0, 0.05) is 24.4 Å². The third kappa shape index (κ3) is 5.50.